The number of benzene rings is 1. The third-order valence-electron chi connectivity index (χ3n) is 3.85. The van der Waals surface area contributed by atoms with Crippen molar-refractivity contribution in [2.24, 2.45) is 0 Å². The SMILES string of the molecule is Cc1cccc(C)c1N(C(=O)CSC(=S)N(C)C)C1CCOC1=O. The Kier molecular flexibility index (Phi) is 6.23. The highest BCUT2D eigenvalue weighted by Gasteiger charge is 2.37. The Morgan fingerprint density at radius 3 is 2.46 bits per heavy atom. The van der Waals surface area contributed by atoms with E-state index in [0.717, 1.165) is 16.8 Å². The predicted molar refractivity (Wildman–Crippen MR) is 102 cm³/mol. The smallest absolute Gasteiger partial charge is 0.329 e. The van der Waals surface area contributed by atoms with Crippen molar-refractivity contribution in [1.29, 1.82) is 0 Å². The maximum absolute atomic E-state index is 12.9. The lowest BCUT2D eigenvalue weighted by atomic mass is 10.0. The van der Waals surface area contributed by atoms with Crippen molar-refractivity contribution in [3.05, 3.63) is 29.3 Å². The second-order valence-corrected chi connectivity index (χ2v) is 7.53. The number of anilines is 1. The van der Waals surface area contributed by atoms with E-state index in [-0.39, 0.29) is 17.6 Å². The first-order chi connectivity index (χ1) is 11.3. The average Bonchev–Trinajstić information content (AvgIpc) is 2.94. The van der Waals surface area contributed by atoms with Gasteiger partial charge in [0.05, 0.1) is 18.0 Å². The van der Waals surface area contributed by atoms with Crippen molar-refractivity contribution in [1.82, 2.24) is 4.90 Å². The average molecular weight is 367 g/mol. The van der Waals surface area contributed by atoms with Crippen LogP contribution in [-0.2, 0) is 14.3 Å². The number of thiocarbonyl (C=S) groups is 1. The first-order valence-corrected chi connectivity index (χ1v) is 9.11. The minimum absolute atomic E-state index is 0.134. The van der Waals surface area contributed by atoms with Gasteiger partial charge in [-0.25, -0.2) is 4.79 Å². The fourth-order valence-corrected chi connectivity index (χ4v) is 3.50. The number of carbonyl (C=O) groups is 2. The Bertz CT molecular complexity index is 641. The monoisotopic (exact) mass is 366 g/mol. The van der Waals surface area contributed by atoms with Gasteiger partial charge in [-0.15, -0.1) is 0 Å². The van der Waals surface area contributed by atoms with E-state index in [1.807, 2.05) is 46.1 Å². The quantitative estimate of drug-likeness (QED) is 0.603. The molecule has 1 aromatic rings. The predicted octanol–water partition coefficient (Wildman–Crippen LogP) is 2.53. The zero-order valence-electron chi connectivity index (χ0n) is 14.4. The summed E-state index contributed by atoms with van der Waals surface area (Å²) < 4.78 is 5.73. The number of aryl methyl sites for hydroxylation is 2. The standard InChI is InChI=1S/C17H22N2O3S2/c1-11-6-5-7-12(2)15(11)19(13-8-9-22-16(13)21)14(20)10-24-17(23)18(3)4/h5-7,13H,8-10H2,1-4H3. The van der Waals surface area contributed by atoms with E-state index in [1.165, 1.54) is 11.8 Å². The molecular weight excluding hydrogens is 344 g/mol. The van der Waals surface area contributed by atoms with E-state index in [4.69, 9.17) is 17.0 Å². The molecule has 1 saturated heterocycles. The summed E-state index contributed by atoms with van der Waals surface area (Å²) in [4.78, 5) is 28.4. The lowest BCUT2D eigenvalue weighted by molar-refractivity contribution is -0.140. The van der Waals surface area contributed by atoms with Gasteiger partial charge in [-0.1, -0.05) is 42.2 Å². The molecule has 130 valence electrons. The van der Waals surface area contributed by atoms with E-state index in [2.05, 4.69) is 0 Å². The van der Waals surface area contributed by atoms with Crippen LogP contribution in [0.15, 0.2) is 18.2 Å². The highest BCUT2D eigenvalue weighted by molar-refractivity contribution is 8.23. The molecule has 1 aliphatic heterocycles. The highest BCUT2D eigenvalue weighted by atomic mass is 32.2. The van der Waals surface area contributed by atoms with Crippen LogP contribution in [0.2, 0.25) is 0 Å². The van der Waals surface area contributed by atoms with Gasteiger partial charge in [-0.3, -0.25) is 9.69 Å². The molecule has 0 bridgehead atoms. The van der Waals surface area contributed by atoms with Gasteiger partial charge in [0, 0.05) is 20.5 Å². The van der Waals surface area contributed by atoms with Crippen LogP contribution in [0.25, 0.3) is 0 Å². The van der Waals surface area contributed by atoms with E-state index in [0.29, 0.717) is 17.3 Å². The number of hydrogen-bond donors (Lipinski definition) is 0. The molecule has 1 aromatic carbocycles. The molecule has 2 rings (SSSR count). The first-order valence-electron chi connectivity index (χ1n) is 7.72. The molecule has 1 fully saturated rings. The molecule has 1 aliphatic rings. The maximum atomic E-state index is 12.9. The highest BCUT2D eigenvalue weighted by Crippen LogP contribution is 2.30. The number of esters is 1. The molecule has 0 aromatic heterocycles. The van der Waals surface area contributed by atoms with Crippen molar-refractivity contribution in [2.75, 3.05) is 31.4 Å². The molecule has 0 saturated carbocycles. The normalized spacial score (nSPS) is 16.7. The number of para-hydroxylation sites is 1. The molecule has 0 aliphatic carbocycles. The molecule has 7 heteroatoms. The summed E-state index contributed by atoms with van der Waals surface area (Å²) in [5.74, 6) is -0.286. The number of hydrogen-bond acceptors (Lipinski definition) is 5. The molecule has 1 atom stereocenters. The van der Waals surface area contributed by atoms with Crippen molar-refractivity contribution in [2.45, 2.75) is 26.3 Å². The summed E-state index contributed by atoms with van der Waals surface area (Å²) in [5.41, 5.74) is 2.72. The Hall–Kier alpha value is -1.60. The molecule has 1 unspecified atom stereocenters. The van der Waals surface area contributed by atoms with Crippen LogP contribution >= 0.6 is 24.0 Å². The molecule has 0 radical (unpaired) electrons. The molecule has 0 spiro atoms. The van der Waals surface area contributed by atoms with Crippen molar-refractivity contribution >= 4 is 45.9 Å². The summed E-state index contributed by atoms with van der Waals surface area (Å²) in [7, 11) is 3.69. The number of cyclic esters (lactones) is 1. The molecule has 0 N–H and O–H groups in total. The van der Waals surface area contributed by atoms with Crippen LogP contribution in [-0.4, -0.2) is 53.6 Å². The van der Waals surface area contributed by atoms with E-state index in [9.17, 15) is 9.59 Å². The third kappa shape index (κ3) is 4.08. The van der Waals surface area contributed by atoms with Crippen LogP contribution in [0.5, 0.6) is 0 Å². The van der Waals surface area contributed by atoms with E-state index < -0.39 is 6.04 Å². The van der Waals surface area contributed by atoms with Crippen LogP contribution in [0.3, 0.4) is 0 Å². The molecule has 24 heavy (non-hydrogen) atoms. The zero-order chi connectivity index (χ0) is 17.9. The summed E-state index contributed by atoms with van der Waals surface area (Å²) in [5, 5.41) is 0. The largest absolute Gasteiger partial charge is 0.464 e. The van der Waals surface area contributed by atoms with Crippen molar-refractivity contribution in [3.8, 4) is 0 Å². The molecule has 1 heterocycles. The minimum Gasteiger partial charge on any atom is -0.464 e. The van der Waals surface area contributed by atoms with Gasteiger partial charge in [-0.2, -0.15) is 0 Å². The Morgan fingerprint density at radius 1 is 1.33 bits per heavy atom. The Labute approximate surface area is 152 Å². The Balaban J connectivity index is 2.31. The number of nitrogens with zero attached hydrogens (tertiary/aromatic N) is 2. The fourth-order valence-electron chi connectivity index (χ4n) is 2.68. The second kappa shape index (κ2) is 7.98. The van der Waals surface area contributed by atoms with Crippen molar-refractivity contribution in [3.63, 3.8) is 0 Å². The third-order valence-corrected chi connectivity index (χ3v) is 5.57. The van der Waals surface area contributed by atoms with E-state index in [1.54, 1.807) is 9.80 Å². The van der Waals surface area contributed by atoms with E-state index >= 15 is 0 Å². The van der Waals surface area contributed by atoms with Gasteiger partial charge in [0.1, 0.15) is 10.4 Å². The van der Waals surface area contributed by atoms with Gasteiger partial charge < -0.3 is 9.64 Å². The number of ether oxygens (including phenoxy) is 1. The topological polar surface area (TPSA) is 49.9 Å². The molecular formula is C17H22N2O3S2. The number of rotatable bonds is 4. The lowest BCUT2D eigenvalue weighted by Crippen LogP contribution is -2.45. The number of carbonyl (C=O) groups excluding carboxylic acids is 2. The van der Waals surface area contributed by atoms with Crippen LogP contribution < -0.4 is 4.90 Å². The van der Waals surface area contributed by atoms with Gasteiger partial charge in [0.15, 0.2) is 0 Å². The number of amides is 1. The van der Waals surface area contributed by atoms with Crippen LogP contribution in [0.1, 0.15) is 17.5 Å². The maximum Gasteiger partial charge on any atom is 0.329 e. The van der Waals surface area contributed by atoms with Gasteiger partial charge in [0.2, 0.25) is 5.91 Å². The fraction of sp³-hybridized carbons (Fsp3) is 0.471. The van der Waals surface area contributed by atoms with Gasteiger partial charge in [-0.05, 0) is 25.0 Å². The molecule has 5 nitrogen and oxygen atoms in total. The minimum atomic E-state index is -0.564. The second-order valence-electron chi connectivity index (χ2n) is 5.93. The first kappa shape index (κ1) is 18.7. The Morgan fingerprint density at radius 2 is 1.96 bits per heavy atom. The lowest BCUT2D eigenvalue weighted by Gasteiger charge is -2.29. The summed E-state index contributed by atoms with van der Waals surface area (Å²) in [6, 6.07) is 5.27. The van der Waals surface area contributed by atoms with Gasteiger partial charge >= 0.3 is 5.97 Å². The zero-order valence-corrected chi connectivity index (χ0v) is 16.0. The van der Waals surface area contributed by atoms with Crippen molar-refractivity contribution < 1.29 is 14.3 Å². The number of thioether (sulfide) groups is 1. The van der Waals surface area contributed by atoms with Crippen LogP contribution in [0, 0.1) is 13.8 Å². The van der Waals surface area contributed by atoms with Crippen LogP contribution in [0.4, 0.5) is 5.69 Å². The summed E-state index contributed by atoms with van der Waals surface area (Å²) in [6.07, 6.45) is 0.515. The van der Waals surface area contributed by atoms with Gasteiger partial charge in [0.25, 0.3) is 0 Å². The molecule has 1 amide bonds. The summed E-state index contributed by atoms with van der Waals surface area (Å²) in [6.45, 7) is 4.24. The summed E-state index contributed by atoms with van der Waals surface area (Å²) >= 11 is 6.54.